The minimum absolute atomic E-state index is 0.0809. The van der Waals surface area contributed by atoms with E-state index in [1.807, 2.05) is 0 Å². The minimum Gasteiger partial charge on any atom is -0.462 e. The largest absolute Gasteiger partial charge is 0.462 e. The summed E-state index contributed by atoms with van der Waals surface area (Å²) in [6.07, 6.45) is 80.1. The summed E-state index contributed by atoms with van der Waals surface area (Å²) in [6, 6.07) is 0. The average Bonchev–Trinajstić information content (AvgIpc) is 3.38. The average molecular weight is 1000 g/mol. The van der Waals surface area contributed by atoms with E-state index in [9.17, 15) is 14.4 Å². The Kier molecular flexibility index (Phi) is 56.8. The van der Waals surface area contributed by atoms with Gasteiger partial charge in [-0.1, -0.05) is 259 Å². The van der Waals surface area contributed by atoms with E-state index in [0.717, 1.165) is 109 Å². The molecule has 0 aromatic heterocycles. The van der Waals surface area contributed by atoms with E-state index in [0.29, 0.717) is 19.3 Å². The second kappa shape index (κ2) is 59.9. The number of hydrogen-bond donors (Lipinski definition) is 0. The zero-order valence-electron chi connectivity index (χ0n) is 47.2. The normalized spacial score (nSPS) is 12.8. The number of ether oxygens (including phenoxy) is 3. The van der Waals surface area contributed by atoms with Gasteiger partial charge in [0.05, 0.1) is 0 Å². The van der Waals surface area contributed by atoms with Crippen molar-refractivity contribution in [2.45, 2.75) is 290 Å². The quantitative estimate of drug-likeness (QED) is 0.0261. The fourth-order valence-corrected chi connectivity index (χ4v) is 8.30. The maximum Gasteiger partial charge on any atom is 0.306 e. The van der Waals surface area contributed by atoms with Crippen molar-refractivity contribution in [2.24, 2.45) is 0 Å². The molecule has 0 amide bonds. The molecule has 0 aromatic carbocycles. The molecule has 0 aromatic rings. The summed E-state index contributed by atoms with van der Waals surface area (Å²) in [6.45, 7) is 6.46. The molecule has 0 aliphatic carbocycles. The van der Waals surface area contributed by atoms with Gasteiger partial charge in [0.1, 0.15) is 13.2 Å². The topological polar surface area (TPSA) is 78.9 Å². The molecular formula is C66H112O6. The van der Waals surface area contributed by atoms with E-state index >= 15 is 0 Å². The molecule has 0 N–H and O–H groups in total. The lowest BCUT2D eigenvalue weighted by Gasteiger charge is -2.18. The summed E-state index contributed by atoms with van der Waals surface area (Å²) in [5.74, 6) is -0.899. The lowest BCUT2D eigenvalue weighted by atomic mass is 10.1. The van der Waals surface area contributed by atoms with Crippen molar-refractivity contribution in [3.63, 3.8) is 0 Å². The molecular weight excluding hydrogens is 889 g/mol. The van der Waals surface area contributed by atoms with Crippen LogP contribution in [0.3, 0.4) is 0 Å². The summed E-state index contributed by atoms with van der Waals surface area (Å²) in [4.78, 5) is 37.9. The predicted molar refractivity (Wildman–Crippen MR) is 311 cm³/mol. The highest BCUT2D eigenvalue weighted by Crippen LogP contribution is 2.15. The van der Waals surface area contributed by atoms with E-state index in [1.54, 1.807) is 0 Å². The van der Waals surface area contributed by atoms with Crippen molar-refractivity contribution in [1.29, 1.82) is 0 Å². The van der Waals surface area contributed by atoms with Gasteiger partial charge in [0, 0.05) is 19.3 Å². The zero-order valence-corrected chi connectivity index (χ0v) is 47.2. The molecule has 0 radical (unpaired) electrons. The molecule has 1 unspecified atom stereocenters. The van der Waals surface area contributed by atoms with Crippen molar-refractivity contribution in [3.8, 4) is 0 Å². The second-order valence-corrected chi connectivity index (χ2v) is 19.9. The van der Waals surface area contributed by atoms with Crippen LogP contribution in [-0.2, 0) is 28.6 Å². The Labute approximate surface area is 445 Å². The van der Waals surface area contributed by atoms with Gasteiger partial charge in [-0.2, -0.15) is 0 Å². The molecule has 412 valence electrons. The predicted octanol–water partition coefficient (Wildman–Crippen LogP) is 20.5. The number of rotatable bonds is 54. The highest BCUT2D eigenvalue weighted by atomic mass is 16.6. The number of carbonyl (C=O) groups excluding carboxylic acids is 3. The van der Waals surface area contributed by atoms with Crippen LogP contribution in [-0.4, -0.2) is 37.2 Å². The van der Waals surface area contributed by atoms with Crippen molar-refractivity contribution in [1.82, 2.24) is 0 Å². The van der Waals surface area contributed by atoms with Gasteiger partial charge in [-0.25, -0.2) is 0 Å². The van der Waals surface area contributed by atoms with Crippen LogP contribution in [0.4, 0.5) is 0 Å². The Hall–Kier alpha value is -3.67. The summed E-state index contributed by atoms with van der Waals surface area (Å²) < 4.78 is 16.8. The van der Waals surface area contributed by atoms with Gasteiger partial charge in [-0.05, 0) is 103 Å². The minimum atomic E-state index is -0.780. The first-order valence-corrected chi connectivity index (χ1v) is 30.2. The third kappa shape index (κ3) is 57.2. The SMILES string of the molecule is CC/C=C\C/C=C\C/C=C\C/C=C\C/C=C\C/C=C\C/C=C\CCCCCCCCCC(=O)OCC(COC(=O)CCCCCCCC)OC(=O)CCCCCCCCCCC/C=C\CCCCCCCC. The Morgan fingerprint density at radius 1 is 0.292 bits per heavy atom. The van der Waals surface area contributed by atoms with Crippen molar-refractivity contribution < 1.29 is 28.6 Å². The van der Waals surface area contributed by atoms with Gasteiger partial charge in [0.25, 0.3) is 0 Å². The van der Waals surface area contributed by atoms with Gasteiger partial charge in [-0.15, -0.1) is 0 Å². The van der Waals surface area contributed by atoms with Crippen LogP contribution in [0, 0.1) is 0 Å². The van der Waals surface area contributed by atoms with Crippen LogP contribution in [0.2, 0.25) is 0 Å². The van der Waals surface area contributed by atoms with Crippen LogP contribution < -0.4 is 0 Å². The van der Waals surface area contributed by atoms with E-state index in [1.165, 1.54) is 135 Å². The lowest BCUT2D eigenvalue weighted by molar-refractivity contribution is -0.167. The molecule has 6 nitrogen and oxygen atoms in total. The third-order valence-electron chi connectivity index (χ3n) is 12.8. The highest BCUT2D eigenvalue weighted by molar-refractivity contribution is 5.71. The molecule has 0 rings (SSSR count). The lowest BCUT2D eigenvalue weighted by Crippen LogP contribution is -2.30. The molecule has 0 saturated carbocycles. The van der Waals surface area contributed by atoms with Gasteiger partial charge >= 0.3 is 17.9 Å². The van der Waals surface area contributed by atoms with Gasteiger partial charge in [-0.3, -0.25) is 14.4 Å². The summed E-state index contributed by atoms with van der Waals surface area (Å²) in [5.41, 5.74) is 0. The van der Waals surface area contributed by atoms with E-state index in [-0.39, 0.29) is 31.1 Å². The van der Waals surface area contributed by atoms with Gasteiger partial charge in [0.2, 0.25) is 0 Å². The molecule has 0 aliphatic rings. The maximum atomic E-state index is 12.8. The fraction of sp³-hybridized carbons (Fsp3) is 0.712. The number of unbranched alkanes of at least 4 members (excludes halogenated alkanes) is 27. The molecule has 6 heteroatoms. The van der Waals surface area contributed by atoms with E-state index in [4.69, 9.17) is 14.2 Å². The van der Waals surface area contributed by atoms with Crippen molar-refractivity contribution >= 4 is 17.9 Å². The van der Waals surface area contributed by atoms with Gasteiger partial charge < -0.3 is 14.2 Å². The van der Waals surface area contributed by atoms with Crippen LogP contribution in [0.15, 0.2) is 97.2 Å². The Balaban J connectivity index is 4.15. The summed E-state index contributed by atoms with van der Waals surface area (Å²) in [7, 11) is 0. The summed E-state index contributed by atoms with van der Waals surface area (Å²) in [5, 5.41) is 0. The van der Waals surface area contributed by atoms with E-state index in [2.05, 4.69) is 118 Å². The first-order valence-electron chi connectivity index (χ1n) is 30.2. The highest BCUT2D eigenvalue weighted by Gasteiger charge is 2.19. The molecule has 1 atom stereocenters. The number of carbonyl (C=O) groups is 3. The van der Waals surface area contributed by atoms with Crippen LogP contribution >= 0.6 is 0 Å². The zero-order chi connectivity index (χ0) is 52.2. The van der Waals surface area contributed by atoms with Crippen LogP contribution in [0.5, 0.6) is 0 Å². The number of esters is 3. The van der Waals surface area contributed by atoms with Crippen LogP contribution in [0.25, 0.3) is 0 Å². The van der Waals surface area contributed by atoms with Crippen molar-refractivity contribution in [2.75, 3.05) is 13.2 Å². The monoisotopic (exact) mass is 1000 g/mol. The smallest absolute Gasteiger partial charge is 0.306 e. The molecule has 0 saturated heterocycles. The first-order chi connectivity index (χ1) is 35.5. The molecule has 0 fully saturated rings. The summed E-state index contributed by atoms with van der Waals surface area (Å²) >= 11 is 0. The molecule has 0 heterocycles. The number of hydrogen-bond acceptors (Lipinski definition) is 6. The fourth-order valence-electron chi connectivity index (χ4n) is 8.30. The van der Waals surface area contributed by atoms with Crippen molar-refractivity contribution in [3.05, 3.63) is 97.2 Å². The number of allylic oxidation sites excluding steroid dienone is 16. The van der Waals surface area contributed by atoms with E-state index < -0.39 is 6.10 Å². The Morgan fingerprint density at radius 3 is 0.861 bits per heavy atom. The molecule has 0 aliphatic heterocycles. The molecule has 0 spiro atoms. The first kappa shape index (κ1) is 68.3. The third-order valence-corrected chi connectivity index (χ3v) is 12.8. The standard InChI is InChI=1S/C66H112O6/c1-4-7-10-13-16-18-20-22-24-26-28-29-30-31-32-33-34-35-36-37-39-40-42-44-46-48-50-53-56-59-65(68)71-62-63(61-70-64(67)58-55-52-15-12-9-6-3)72-66(69)60-57-54-51-49-47-45-43-41-38-27-25-23-21-19-17-14-11-8-5-2/h7,10,16,18,22-25,28-29,31-32,34-35,37,39,63H,4-6,8-9,11-15,17,19-21,26-27,30,33,36,38,40-62H2,1-3H3/b10-7-,18-16-,24-22-,25-23-,29-28-,32-31-,35-34-,39-37-. The Morgan fingerprint density at radius 2 is 0.542 bits per heavy atom. The molecule has 0 bridgehead atoms. The van der Waals surface area contributed by atoms with Crippen LogP contribution in [0.1, 0.15) is 284 Å². The van der Waals surface area contributed by atoms with Gasteiger partial charge in [0.15, 0.2) is 6.10 Å². The Bertz CT molecular complexity index is 1430. The second-order valence-electron chi connectivity index (χ2n) is 19.9. The maximum absolute atomic E-state index is 12.8. The molecule has 72 heavy (non-hydrogen) atoms.